The summed E-state index contributed by atoms with van der Waals surface area (Å²) >= 11 is 0. The molecule has 0 atom stereocenters. The summed E-state index contributed by atoms with van der Waals surface area (Å²) in [6.07, 6.45) is 0.913. The van der Waals surface area contributed by atoms with Crippen molar-refractivity contribution >= 4 is 11.6 Å². The molecule has 1 amide bonds. The SMILES string of the molecule is Cc1cccc(N2CCN(C(=O)c3n[nH]c4c3CNCC4)CC2)c1. The van der Waals surface area contributed by atoms with E-state index < -0.39 is 0 Å². The Kier molecular flexibility index (Phi) is 3.98. The van der Waals surface area contributed by atoms with E-state index >= 15 is 0 Å². The molecule has 6 nitrogen and oxygen atoms in total. The van der Waals surface area contributed by atoms with Gasteiger partial charge in [-0.15, -0.1) is 0 Å². The molecule has 1 aromatic heterocycles. The lowest BCUT2D eigenvalue weighted by Crippen LogP contribution is -2.49. The number of piperazine rings is 1. The average Bonchev–Trinajstić information content (AvgIpc) is 3.05. The van der Waals surface area contributed by atoms with E-state index in [1.54, 1.807) is 0 Å². The zero-order valence-electron chi connectivity index (χ0n) is 14.0. The van der Waals surface area contributed by atoms with Crippen LogP contribution in [0.3, 0.4) is 0 Å². The monoisotopic (exact) mass is 325 g/mol. The third kappa shape index (κ3) is 2.78. The minimum atomic E-state index is 0.0556. The number of aryl methyl sites for hydroxylation is 1. The highest BCUT2D eigenvalue weighted by atomic mass is 16.2. The number of amides is 1. The molecule has 1 saturated heterocycles. The van der Waals surface area contributed by atoms with Gasteiger partial charge >= 0.3 is 0 Å². The fourth-order valence-electron chi connectivity index (χ4n) is 3.54. The summed E-state index contributed by atoms with van der Waals surface area (Å²) in [7, 11) is 0. The number of anilines is 1. The maximum Gasteiger partial charge on any atom is 0.274 e. The van der Waals surface area contributed by atoms with Gasteiger partial charge in [0.2, 0.25) is 0 Å². The normalized spacial score (nSPS) is 17.7. The fourth-order valence-corrected chi connectivity index (χ4v) is 3.54. The molecule has 0 spiro atoms. The number of H-pyrrole nitrogens is 1. The smallest absolute Gasteiger partial charge is 0.274 e. The van der Waals surface area contributed by atoms with Crippen LogP contribution >= 0.6 is 0 Å². The maximum atomic E-state index is 12.8. The molecule has 0 bridgehead atoms. The van der Waals surface area contributed by atoms with Crippen molar-refractivity contribution in [2.75, 3.05) is 37.6 Å². The highest BCUT2D eigenvalue weighted by Crippen LogP contribution is 2.20. The van der Waals surface area contributed by atoms with Gasteiger partial charge in [-0.05, 0) is 24.6 Å². The van der Waals surface area contributed by atoms with Crippen molar-refractivity contribution in [1.29, 1.82) is 0 Å². The molecule has 2 N–H and O–H groups in total. The molecule has 24 heavy (non-hydrogen) atoms. The van der Waals surface area contributed by atoms with E-state index in [0.717, 1.165) is 56.9 Å². The molecule has 0 radical (unpaired) electrons. The Balaban J connectivity index is 1.44. The molecule has 2 aliphatic rings. The average molecular weight is 325 g/mol. The minimum Gasteiger partial charge on any atom is -0.368 e. The quantitative estimate of drug-likeness (QED) is 0.874. The van der Waals surface area contributed by atoms with Crippen LogP contribution in [-0.4, -0.2) is 53.7 Å². The number of benzene rings is 1. The predicted octanol–water partition coefficient (Wildman–Crippen LogP) is 1.33. The first-order valence-corrected chi connectivity index (χ1v) is 8.60. The summed E-state index contributed by atoms with van der Waals surface area (Å²) in [4.78, 5) is 17.1. The number of hydrogen-bond donors (Lipinski definition) is 2. The summed E-state index contributed by atoms with van der Waals surface area (Å²) < 4.78 is 0. The van der Waals surface area contributed by atoms with Gasteiger partial charge in [0, 0.05) is 62.6 Å². The second-order valence-corrected chi connectivity index (χ2v) is 6.57. The zero-order chi connectivity index (χ0) is 16.5. The van der Waals surface area contributed by atoms with Crippen LogP contribution in [0, 0.1) is 6.92 Å². The van der Waals surface area contributed by atoms with Gasteiger partial charge in [-0.3, -0.25) is 9.89 Å². The lowest BCUT2D eigenvalue weighted by atomic mass is 10.1. The first-order chi connectivity index (χ1) is 11.7. The second kappa shape index (κ2) is 6.28. The van der Waals surface area contributed by atoms with Gasteiger partial charge in [-0.2, -0.15) is 5.10 Å². The molecule has 2 aromatic rings. The summed E-state index contributed by atoms with van der Waals surface area (Å²) in [5, 5.41) is 10.7. The van der Waals surface area contributed by atoms with Crippen LogP contribution in [0.5, 0.6) is 0 Å². The Morgan fingerprint density at radius 3 is 2.83 bits per heavy atom. The number of carbonyl (C=O) groups excluding carboxylic acids is 1. The van der Waals surface area contributed by atoms with Crippen LogP contribution in [0.2, 0.25) is 0 Å². The number of fused-ring (bicyclic) bond motifs is 1. The molecule has 4 rings (SSSR count). The van der Waals surface area contributed by atoms with Crippen LogP contribution in [-0.2, 0) is 13.0 Å². The summed E-state index contributed by atoms with van der Waals surface area (Å²) in [6.45, 7) is 6.98. The number of carbonyl (C=O) groups is 1. The van der Waals surface area contributed by atoms with E-state index in [-0.39, 0.29) is 5.91 Å². The lowest BCUT2D eigenvalue weighted by molar-refractivity contribution is 0.0739. The Bertz CT molecular complexity index is 746. The fraction of sp³-hybridized carbons (Fsp3) is 0.444. The van der Waals surface area contributed by atoms with Gasteiger partial charge in [-0.25, -0.2) is 0 Å². The summed E-state index contributed by atoms with van der Waals surface area (Å²) in [5.41, 5.74) is 5.26. The molecule has 0 unspecified atom stereocenters. The first kappa shape index (κ1) is 15.2. The molecule has 3 heterocycles. The van der Waals surface area contributed by atoms with Gasteiger partial charge in [0.15, 0.2) is 5.69 Å². The summed E-state index contributed by atoms with van der Waals surface area (Å²) in [5.74, 6) is 0.0556. The van der Waals surface area contributed by atoms with Crippen molar-refractivity contribution in [1.82, 2.24) is 20.4 Å². The van der Waals surface area contributed by atoms with Crippen molar-refractivity contribution in [2.45, 2.75) is 19.9 Å². The van der Waals surface area contributed by atoms with Crippen LogP contribution in [0.1, 0.15) is 27.3 Å². The maximum absolute atomic E-state index is 12.8. The number of rotatable bonds is 2. The second-order valence-electron chi connectivity index (χ2n) is 6.57. The van der Waals surface area contributed by atoms with E-state index in [4.69, 9.17) is 0 Å². The Labute approximate surface area is 141 Å². The molecule has 1 aromatic carbocycles. The van der Waals surface area contributed by atoms with Gasteiger partial charge in [0.1, 0.15) is 0 Å². The van der Waals surface area contributed by atoms with Crippen molar-refractivity contribution < 1.29 is 4.79 Å². The number of aromatic nitrogens is 2. The van der Waals surface area contributed by atoms with Crippen LogP contribution in [0.15, 0.2) is 24.3 Å². The highest BCUT2D eigenvalue weighted by Gasteiger charge is 2.28. The molecule has 6 heteroatoms. The van der Waals surface area contributed by atoms with E-state index in [9.17, 15) is 4.79 Å². The van der Waals surface area contributed by atoms with E-state index in [2.05, 4.69) is 51.6 Å². The first-order valence-electron chi connectivity index (χ1n) is 8.60. The highest BCUT2D eigenvalue weighted by molar-refractivity contribution is 5.94. The number of hydrogen-bond acceptors (Lipinski definition) is 4. The predicted molar refractivity (Wildman–Crippen MR) is 93.3 cm³/mol. The number of nitrogens with one attached hydrogen (secondary N) is 2. The minimum absolute atomic E-state index is 0.0556. The lowest BCUT2D eigenvalue weighted by Gasteiger charge is -2.36. The number of nitrogens with zero attached hydrogens (tertiary/aromatic N) is 3. The summed E-state index contributed by atoms with van der Waals surface area (Å²) in [6, 6.07) is 8.54. The van der Waals surface area contributed by atoms with Crippen LogP contribution in [0.25, 0.3) is 0 Å². The van der Waals surface area contributed by atoms with Crippen molar-refractivity contribution in [3.8, 4) is 0 Å². The van der Waals surface area contributed by atoms with Gasteiger partial charge < -0.3 is 15.1 Å². The molecular weight excluding hydrogens is 302 g/mol. The third-order valence-electron chi connectivity index (χ3n) is 4.94. The molecule has 0 aliphatic carbocycles. The molecule has 2 aliphatic heterocycles. The van der Waals surface area contributed by atoms with Gasteiger partial charge in [-0.1, -0.05) is 12.1 Å². The Hall–Kier alpha value is -2.34. The standard InChI is InChI=1S/C18H23N5O/c1-13-3-2-4-14(11-13)22-7-9-23(10-8-22)18(24)17-15-12-19-6-5-16(15)20-21-17/h2-4,11,19H,5-10,12H2,1H3,(H,20,21). The topological polar surface area (TPSA) is 64.3 Å². The number of aromatic amines is 1. The Morgan fingerprint density at radius 1 is 1.21 bits per heavy atom. The van der Waals surface area contributed by atoms with Crippen molar-refractivity contribution in [3.63, 3.8) is 0 Å². The van der Waals surface area contributed by atoms with Crippen LogP contribution in [0.4, 0.5) is 5.69 Å². The van der Waals surface area contributed by atoms with Crippen molar-refractivity contribution in [2.24, 2.45) is 0 Å². The van der Waals surface area contributed by atoms with E-state index in [0.29, 0.717) is 5.69 Å². The Morgan fingerprint density at radius 2 is 2.04 bits per heavy atom. The van der Waals surface area contributed by atoms with E-state index in [1.165, 1.54) is 11.3 Å². The molecular formula is C18H23N5O. The molecule has 0 saturated carbocycles. The van der Waals surface area contributed by atoms with Crippen LogP contribution < -0.4 is 10.2 Å². The van der Waals surface area contributed by atoms with Gasteiger partial charge in [0.05, 0.1) is 0 Å². The largest absolute Gasteiger partial charge is 0.368 e. The molecule has 126 valence electrons. The van der Waals surface area contributed by atoms with Crippen molar-refractivity contribution in [3.05, 3.63) is 46.8 Å². The zero-order valence-corrected chi connectivity index (χ0v) is 14.0. The van der Waals surface area contributed by atoms with Gasteiger partial charge in [0.25, 0.3) is 5.91 Å². The van der Waals surface area contributed by atoms with E-state index in [1.807, 2.05) is 4.90 Å². The molecule has 1 fully saturated rings. The third-order valence-corrected chi connectivity index (χ3v) is 4.94.